The standard InChI is InChI=1S/C21H17FN6O/c1-12-19(21(29)26-16-6-7-17-14(10-16)11-23-27-17)20(13-2-4-15(22)5-3-13)28-18(25-12)8-9-24-28/h2-11,20,25H,1H3,(H,23,27)(H,26,29). The lowest BCUT2D eigenvalue weighted by Gasteiger charge is -2.29. The van der Waals surface area contributed by atoms with E-state index < -0.39 is 6.04 Å². The number of aromatic amines is 1. The van der Waals surface area contributed by atoms with Gasteiger partial charge in [-0.2, -0.15) is 10.2 Å². The summed E-state index contributed by atoms with van der Waals surface area (Å²) in [5.41, 5.74) is 3.55. The first-order valence-corrected chi connectivity index (χ1v) is 9.11. The van der Waals surface area contributed by atoms with E-state index in [2.05, 4.69) is 25.9 Å². The highest BCUT2D eigenvalue weighted by molar-refractivity contribution is 6.06. The highest BCUT2D eigenvalue weighted by atomic mass is 19.1. The van der Waals surface area contributed by atoms with Gasteiger partial charge in [-0.1, -0.05) is 12.1 Å². The molecule has 144 valence electrons. The molecule has 1 aliphatic heterocycles. The summed E-state index contributed by atoms with van der Waals surface area (Å²) in [7, 11) is 0. The number of nitrogens with one attached hydrogen (secondary N) is 3. The minimum absolute atomic E-state index is 0.256. The van der Waals surface area contributed by atoms with Crippen molar-refractivity contribution in [2.45, 2.75) is 13.0 Å². The van der Waals surface area contributed by atoms with Gasteiger partial charge in [-0.05, 0) is 42.8 Å². The maximum absolute atomic E-state index is 13.5. The van der Waals surface area contributed by atoms with Crippen molar-refractivity contribution in [1.82, 2.24) is 20.0 Å². The summed E-state index contributed by atoms with van der Waals surface area (Å²) >= 11 is 0. The molecule has 0 radical (unpaired) electrons. The quantitative estimate of drug-likeness (QED) is 0.498. The van der Waals surface area contributed by atoms with Crippen molar-refractivity contribution in [3.8, 4) is 0 Å². The number of aromatic nitrogens is 4. The van der Waals surface area contributed by atoms with Crippen LogP contribution in [0.15, 0.2) is 72.2 Å². The second-order valence-corrected chi connectivity index (χ2v) is 6.90. The van der Waals surface area contributed by atoms with Crippen LogP contribution in [0.4, 0.5) is 15.9 Å². The van der Waals surface area contributed by atoms with Gasteiger partial charge in [0.25, 0.3) is 5.91 Å². The predicted molar refractivity (Wildman–Crippen MR) is 108 cm³/mol. The molecular weight excluding hydrogens is 371 g/mol. The molecule has 0 spiro atoms. The van der Waals surface area contributed by atoms with Gasteiger partial charge in [-0.3, -0.25) is 9.89 Å². The fourth-order valence-electron chi connectivity index (χ4n) is 3.67. The zero-order valence-corrected chi connectivity index (χ0v) is 15.5. The van der Waals surface area contributed by atoms with Crippen LogP contribution in [0.3, 0.4) is 0 Å². The molecule has 0 aliphatic carbocycles. The Labute approximate surface area is 165 Å². The van der Waals surface area contributed by atoms with Gasteiger partial charge >= 0.3 is 0 Å². The van der Waals surface area contributed by atoms with Gasteiger partial charge < -0.3 is 10.6 Å². The van der Waals surface area contributed by atoms with Crippen LogP contribution in [-0.2, 0) is 4.79 Å². The lowest BCUT2D eigenvalue weighted by Crippen LogP contribution is -2.31. The van der Waals surface area contributed by atoms with E-state index in [4.69, 9.17) is 0 Å². The third-order valence-corrected chi connectivity index (χ3v) is 5.04. The maximum atomic E-state index is 13.5. The minimum Gasteiger partial charge on any atom is -0.344 e. The number of rotatable bonds is 3. The molecule has 0 bridgehead atoms. The number of fused-ring (bicyclic) bond motifs is 2. The zero-order chi connectivity index (χ0) is 20.0. The topological polar surface area (TPSA) is 87.6 Å². The Morgan fingerprint density at radius 2 is 2.00 bits per heavy atom. The van der Waals surface area contributed by atoms with Crippen molar-refractivity contribution in [3.05, 3.63) is 83.6 Å². The molecule has 3 heterocycles. The number of amides is 1. The summed E-state index contributed by atoms with van der Waals surface area (Å²) < 4.78 is 15.2. The van der Waals surface area contributed by atoms with Crippen LogP contribution >= 0.6 is 0 Å². The molecule has 3 N–H and O–H groups in total. The van der Waals surface area contributed by atoms with Crippen LogP contribution in [-0.4, -0.2) is 25.9 Å². The van der Waals surface area contributed by atoms with E-state index in [0.29, 0.717) is 17.0 Å². The average molecular weight is 388 g/mol. The summed E-state index contributed by atoms with van der Waals surface area (Å²) in [4.78, 5) is 13.3. The van der Waals surface area contributed by atoms with Crippen molar-refractivity contribution in [2.75, 3.05) is 10.6 Å². The van der Waals surface area contributed by atoms with Crippen molar-refractivity contribution >= 4 is 28.3 Å². The van der Waals surface area contributed by atoms with Crippen molar-refractivity contribution in [3.63, 3.8) is 0 Å². The Kier molecular flexibility index (Phi) is 3.90. The van der Waals surface area contributed by atoms with Gasteiger partial charge in [0.15, 0.2) is 0 Å². The first-order chi connectivity index (χ1) is 14.1. The van der Waals surface area contributed by atoms with Gasteiger partial charge in [0, 0.05) is 22.8 Å². The number of carbonyl (C=O) groups excluding carboxylic acids is 1. The fourth-order valence-corrected chi connectivity index (χ4v) is 3.67. The molecule has 1 aliphatic rings. The van der Waals surface area contributed by atoms with Crippen LogP contribution in [0.25, 0.3) is 10.9 Å². The van der Waals surface area contributed by atoms with Gasteiger partial charge in [0.1, 0.15) is 17.7 Å². The van der Waals surface area contributed by atoms with Gasteiger partial charge in [-0.25, -0.2) is 9.07 Å². The van der Waals surface area contributed by atoms with Crippen LogP contribution in [0.2, 0.25) is 0 Å². The monoisotopic (exact) mass is 388 g/mol. The van der Waals surface area contributed by atoms with E-state index in [1.807, 2.05) is 31.2 Å². The minimum atomic E-state index is -0.473. The third-order valence-electron chi connectivity index (χ3n) is 5.04. The maximum Gasteiger partial charge on any atom is 0.255 e. The summed E-state index contributed by atoms with van der Waals surface area (Å²) in [5.74, 6) is 0.185. The first-order valence-electron chi connectivity index (χ1n) is 9.11. The van der Waals surface area contributed by atoms with Crippen molar-refractivity contribution in [2.24, 2.45) is 0 Å². The number of nitrogens with zero attached hydrogens (tertiary/aromatic N) is 3. The number of allylic oxidation sites excluding steroid dienone is 1. The number of anilines is 2. The molecule has 0 saturated heterocycles. The molecule has 2 aromatic heterocycles. The second-order valence-electron chi connectivity index (χ2n) is 6.90. The Balaban J connectivity index is 1.54. The van der Waals surface area contributed by atoms with Crippen LogP contribution in [0.1, 0.15) is 18.5 Å². The third kappa shape index (κ3) is 2.94. The van der Waals surface area contributed by atoms with Crippen LogP contribution in [0.5, 0.6) is 0 Å². The highest BCUT2D eigenvalue weighted by Gasteiger charge is 2.32. The van der Waals surface area contributed by atoms with E-state index in [-0.39, 0.29) is 11.7 Å². The Morgan fingerprint density at radius 3 is 2.83 bits per heavy atom. The SMILES string of the molecule is CC1=C(C(=O)Nc2ccc3[nH]ncc3c2)C(c2ccc(F)cc2)n2nccc2N1. The van der Waals surface area contributed by atoms with Gasteiger partial charge in [0.2, 0.25) is 0 Å². The fraction of sp³-hybridized carbons (Fsp3) is 0.0952. The lowest BCUT2D eigenvalue weighted by molar-refractivity contribution is -0.113. The number of benzene rings is 2. The van der Waals surface area contributed by atoms with Crippen LogP contribution < -0.4 is 10.6 Å². The Morgan fingerprint density at radius 1 is 1.17 bits per heavy atom. The molecule has 7 nitrogen and oxygen atoms in total. The normalized spacial score (nSPS) is 15.9. The van der Waals surface area contributed by atoms with E-state index >= 15 is 0 Å². The second kappa shape index (κ2) is 6.59. The summed E-state index contributed by atoms with van der Waals surface area (Å²) in [6.07, 6.45) is 3.37. The summed E-state index contributed by atoms with van der Waals surface area (Å²) in [6, 6.07) is 13.0. The molecule has 5 rings (SSSR count). The van der Waals surface area contributed by atoms with E-state index in [1.54, 1.807) is 29.2 Å². The number of H-pyrrole nitrogens is 1. The lowest BCUT2D eigenvalue weighted by atomic mass is 9.94. The molecule has 29 heavy (non-hydrogen) atoms. The van der Waals surface area contributed by atoms with E-state index in [1.165, 1.54) is 12.1 Å². The highest BCUT2D eigenvalue weighted by Crippen LogP contribution is 2.36. The van der Waals surface area contributed by atoms with Gasteiger partial charge in [0.05, 0.1) is 23.5 Å². The predicted octanol–water partition coefficient (Wildman–Crippen LogP) is 3.83. The summed E-state index contributed by atoms with van der Waals surface area (Å²) in [5, 5.41) is 18.4. The van der Waals surface area contributed by atoms with Crippen molar-refractivity contribution in [1.29, 1.82) is 0 Å². The Hall–Kier alpha value is -3.94. The van der Waals surface area contributed by atoms with Gasteiger partial charge in [-0.15, -0.1) is 0 Å². The molecule has 4 aromatic rings. The molecule has 1 atom stereocenters. The number of carbonyl (C=O) groups is 1. The first kappa shape index (κ1) is 17.2. The molecule has 1 unspecified atom stereocenters. The van der Waals surface area contributed by atoms with E-state index in [0.717, 1.165) is 22.3 Å². The Bertz CT molecular complexity index is 1250. The molecule has 0 fully saturated rings. The summed E-state index contributed by atoms with van der Waals surface area (Å²) in [6.45, 7) is 1.85. The average Bonchev–Trinajstić information content (AvgIpc) is 3.36. The molecule has 1 amide bonds. The smallest absolute Gasteiger partial charge is 0.255 e. The van der Waals surface area contributed by atoms with E-state index in [9.17, 15) is 9.18 Å². The zero-order valence-electron chi connectivity index (χ0n) is 15.5. The largest absolute Gasteiger partial charge is 0.344 e. The molecule has 0 saturated carbocycles. The molecular formula is C21H17FN6O. The number of hydrogen-bond acceptors (Lipinski definition) is 4. The molecule has 8 heteroatoms. The van der Waals surface area contributed by atoms with Crippen molar-refractivity contribution < 1.29 is 9.18 Å². The van der Waals surface area contributed by atoms with Crippen LogP contribution in [0, 0.1) is 5.82 Å². The number of halogens is 1. The number of hydrogen-bond donors (Lipinski definition) is 3. The molecule has 2 aromatic carbocycles.